The molecule has 0 unspecified atom stereocenters. The number of ether oxygens (including phenoxy) is 1. The zero-order valence-electron chi connectivity index (χ0n) is 11.3. The van der Waals surface area contributed by atoms with Gasteiger partial charge in [-0.25, -0.2) is 0 Å². The van der Waals surface area contributed by atoms with Crippen molar-refractivity contribution in [2.24, 2.45) is 0 Å². The van der Waals surface area contributed by atoms with Crippen molar-refractivity contribution >= 4 is 10.9 Å². The molecule has 0 atom stereocenters. The Hall–Kier alpha value is -1.48. The van der Waals surface area contributed by atoms with E-state index in [1.165, 1.54) is 17.3 Å². The first kappa shape index (κ1) is 13.0. The lowest BCUT2D eigenvalue weighted by Gasteiger charge is -2.07. The van der Waals surface area contributed by atoms with E-state index in [9.17, 15) is 0 Å². The SMILES string of the molecule is CCCNCCCn1ccc2c(OC)cccc21. The van der Waals surface area contributed by atoms with Crippen molar-refractivity contribution in [3.05, 3.63) is 30.5 Å². The fourth-order valence-corrected chi connectivity index (χ4v) is 2.24. The van der Waals surface area contributed by atoms with Crippen molar-refractivity contribution in [1.29, 1.82) is 0 Å². The van der Waals surface area contributed by atoms with Crippen LogP contribution in [0.25, 0.3) is 10.9 Å². The number of rotatable bonds is 7. The molecule has 3 nitrogen and oxygen atoms in total. The predicted molar refractivity (Wildman–Crippen MR) is 76.3 cm³/mol. The summed E-state index contributed by atoms with van der Waals surface area (Å²) in [6.07, 6.45) is 4.50. The molecule has 0 aliphatic heterocycles. The Morgan fingerprint density at radius 1 is 1.22 bits per heavy atom. The van der Waals surface area contributed by atoms with Gasteiger partial charge in [-0.15, -0.1) is 0 Å². The molecule has 0 bridgehead atoms. The average molecular weight is 246 g/mol. The second kappa shape index (κ2) is 6.45. The zero-order valence-corrected chi connectivity index (χ0v) is 11.3. The largest absolute Gasteiger partial charge is 0.496 e. The molecule has 2 rings (SSSR count). The summed E-state index contributed by atoms with van der Waals surface area (Å²) >= 11 is 0. The number of benzene rings is 1. The summed E-state index contributed by atoms with van der Waals surface area (Å²) < 4.78 is 7.67. The Morgan fingerprint density at radius 2 is 2.11 bits per heavy atom. The minimum absolute atomic E-state index is 0.954. The number of nitrogens with zero attached hydrogens (tertiary/aromatic N) is 1. The van der Waals surface area contributed by atoms with Gasteiger partial charge in [0.2, 0.25) is 0 Å². The number of hydrogen-bond donors (Lipinski definition) is 1. The third kappa shape index (κ3) is 2.85. The number of fused-ring (bicyclic) bond motifs is 1. The van der Waals surface area contributed by atoms with Gasteiger partial charge in [0.1, 0.15) is 5.75 Å². The fourth-order valence-electron chi connectivity index (χ4n) is 2.24. The van der Waals surface area contributed by atoms with Crippen LogP contribution in [-0.4, -0.2) is 24.8 Å². The lowest BCUT2D eigenvalue weighted by atomic mass is 10.2. The first-order chi connectivity index (χ1) is 8.86. The summed E-state index contributed by atoms with van der Waals surface area (Å²) in [6, 6.07) is 8.34. The van der Waals surface area contributed by atoms with Crippen LogP contribution in [0.1, 0.15) is 19.8 Å². The van der Waals surface area contributed by atoms with E-state index in [0.717, 1.165) is 31.8 Å². The molecule has 0 amide bonds. The van der Waals surface area contributed by atoms with Crippen molar-refractivity contribution in [2.45, 2.75) is 26.3 Å². The van der Waals surface area contributed by atoms with Gasteiger partial charge in [0, 0.05) is 18.1 Å². The molecular weight excluding hydrogens is 224 g/mol. The van der Waals surface area contributed by atoms with E-state index < -0.39 is 0 Å². The predicted octanol–water partition coefficient (Wildman–Crippen LogP) is 3.04. The minimum Gasteiger partial charge on any atom is -0.496 e. The quantitative estimate of drug-likeness (QED) is 0.760. The van der Waals surface area contributed by atoms with E-state index in [1.807, 2.05) is 12.1 Å². The van der Waals surface area contributed by atoms with Crippen LogP contribution in [0, 0.1) is 0 Å². The van der Waals surface area contributed by atoms with Crippen LogP contribution in [0.3, 0.4) is 0 Å². The van der Waals surface area contributed by atoms with Crippen LogP contribution in [0.2, 0.25) is 0 Å². The molecule has 0 aliphatic rings. The van der Waals surface area contributed by atoms with Crippen molar-refractivity contribution < 1.29 is 4.74 Å². The summed E-state index contributed by atoms with van der Waals surface area (Å²) in [6.45, 7) is 5.43. The van der Waals surface area contributed by atoms with Gasteiger partial charge < -0.3 is 14.6 Å². The zero-order chi connectivity index (χ0) is 12.8. The highest BCUT2D eigenvalue weighted by molar-refractivity contribution is 5.86. The Kier molecular flexibility index (Phi) is 4.65. The van der Waals surface area contributed by atoms with Gasteiger partial charge in [-0.3, -0.25) is 0 Å². The summed E-state index contributed by atoms with van der Waals surface area (Å²) in [5.74, 6) is 0.954. The molecule has 1 N–H and O–H groups in total. The molecule has 0 radical (unpaired) electrons. The molecule has 3 heteroatoms. The average Bonchev–Trinajstić information content (AvgIpc) is 2.82. The van der Waals surface area contributed by atoms with Crippen molar-refractivity contribution in [3.8, 4) is 5.75 Å². The van der Waals surface area contributed by atoms with Gasteiger partial charge in [-0.05, 0) is 44.1 Å². The molecule has 0 aliphatic carbocycles. The third-order valence-electron chi connectivity index (χ3n) is 3.17. The maximum atomic E-state index is 5.37. The van der Waals surface area contributed by atoms with Gasteiger partial charge in [0.25, 0.3) is 0 Å². The molecule has 1 aromatic carbocycles. The Bertz CT molecular complexity index is 490. The standard InChI is InChI=1S/C15H22N2O/c1-3-9-16-10-5-11-17-12-8-13-14(17)6-4-7-15(13)18-2/h4,6-8,12,16H,3,5,9-11H2,1-2H3. The van der Waals surface area contributed by atoms with Crippen molar-refractivity contribution in [2.75, 3.05) is 20.2 Å². The van der Waals surface area contributed by atoms with Crippen molar-refractivity contribution in [1.82, 2.24) is 9.88 Å². The monoisotopic (exact) mass is 246 g/mol. The highest BCUT2D eigenvalue weighted by Crippen LogP contribution is 2.26. The number of nitrogens with one attached hydrogen (secondary N) is 1. The molecule has 98 valence electrons. The molecule has 0 saturated heterocycles. The van der Waals surface area contributed by atoms with Crippen LogP contribution in [0.15, 0.2) is 30.5 Å². The van der Waals surface area contributed by atoms with Gasteiger partial charge in [0.15, 0.2) is 0 Å². The lowest BCUT2D eigenvalue weighted by Crippen LogP contribution is -2.17. The second-order valence-electron chi connectivity index (χ2n) is 4.51. The van der Waals surface area contributed by atoms with E-state index in [1.54, 1.807) is 7.11 Å². The molecule has 2 aromatic rings. The number of aryl methyl sites for hydroxylation is 1. The fraction of sp³-hybridized carbons (Fsp3) is 0.467. The highest BCUT2D eigenvalue weighted by Gasteiger charge is 2.04. The first-order valence-electron chi connectivity index (χ1n) is 6.69. The summed E-state index contributed by atoms with van der Waals surface area (Å²) in [7, 11) is 1.72. The summed E-state index contributed by atoms with van der Waals surface area (Å²) in [5.41, 5.74) is 1.25. The van der Waals surface area contributed by atoms with Crippen LogP contribution in [0.5, 0.6) is 5.75 Å². The van der Waals surface area contributed by atoms with Gasteiger partial charge >= 0.3 is 0 Å². The van der Waals surface area contributed by atoms with E-state index in [4.69, 9.17) is 4.74 Å². The number of hydrogen-bond acceptors (Lipinski definition) is 2. The van der Waals surface area contributed by atoms with E-state index in [-0.39, 0.29) is 0 Å². The van der Waals surface area contributed by atoms with Gasteiger partial charge in [-0.2, -0.15) is 0 Å². The Balaban J connectivity index is 2.01. The van der Waals surface area contributed by atoms with Gasteiger partial charge in [0.05, 0.1) is 12.6 Å². The highest BCUT2D eigenvalue weighted by atomic mass is 16.5. The van der Waals surface area contributed by atoms with Crippen LogP contribution in [-0.2, 0) is 6.54 Å². The molecule has 0 saturated carbocycles. The van der Waals surface area contributed by atoms with Crippen LogP contribution >= 0.6 is 0 Å². The Labute approximate surface area is 109 Å². The third-order valence-corrected chi connectivity index (χ3v) is 3.17. The Morgan fingerprint density at radius 3 is 2.89 bits per heavy atom. The molecule has 0 fully saturated rings. The summed E-state index contributed by atoms with van der Waals surface area (Å²) in [5, 5.41) is 4.63. The van der Waals surface area contributed by atoms with Gasteiger partial charge in [-0.1, -0.05) is 13.0 Å². The normalized spacial score (nSPS) is 11.0. The lowest BCUT2D eigenvalue weighted by molar-refractivity contribution is 0.420. The number of aromatic nitrogens is 1. The molecule has 1 aromatic heterocycles. The molecular formula is C15H22N2O. The number of methoxy groups -OCH3 is 1. The second-order valence-corrected chi connectivity index (χ2v) is 4.51. The molecule has 1 heterocycles. The summed E-state index contributed by atoms with van der Waals surface area (Å²) in [4.78, 5) is 0. The van der Waals surface area contributed by atoms with E-state index in [2.05, 4.69) is 35.1 Å². The smallest absolute Gasteiger partial charge is 0.128 e. The van der Waals surface area contributed by atoms with E-state index >= 15 is 0 Å². The van der Waals surface area contributed by atoms with Crippen LogP contribution < -0.4 is 10.1 Å². The maximum absolute atomic E-state index is 5.37. The minimum atomic E-state index is 0.954. The topological polar surface area (TPSA) is 26.2 Å². The molecule has 18 heavy (non-hydrogen) atoms. The maximum Gasteiger partial charge on any atom is 0.128 e. The van der Waals surface area contributed by atoms with E-state index in [0.29, 0.717) is 0 Å². The molecule has 0 spiro atoms. The first-order valence-corrected chi connectivity index (χ1v) is 6.69. The van der Waals surface area contributed by atoms with Crippen LogP contribution in [0.4, 0.5) is 0 Å². The van der Waals surface area contributed by atoms with Crippen molar-refractivity contribution in [3.63, 3.8) is 0 Å².